The van der Waals surface area contributed by atoms with E-state index in [1.54, 1.807) is 18.2 Å². The lowest BCUT2D eigenvalue weighted by molar-refractivity contribution is -0.385. The highest BCUT2D eigenvalue weighted by Gasteiger charge is 2.26. The first kappa shape index (κ1) is 19.1. The van der Waals surface area contributed by atoms with Gasteiger partial charge in [-0.2, -0.15) is 0 Å². The molecule has 1 saturated heterocycles. The normalized spacial score (nSPS) is 17.3. The molecule has 1 aliphatic heterocycles. The molecule has 8 nitrogen and oxygen atoms in total. The molecule has 29 heavy (non-hydrogen) atoms. The highest BCUT2D eigenvalue weighted by Crippen LogP contribution is 2.22. The summed E-state index contributed by atoms with van der Waals surface area (Å²) in [6, 6.07) is 15.6. The molecule has 150 valence electrons. The Hall–Kier alpha value is -3.26. The van der Waals surface area contributed by atoms with Gasteiger partial charge in [0.15, 0.2) is 0 Å². The van der Waals surface area contributed by atoms with E-state index in [0.29, 0.717) is 12.2 Å². The van der Waals surface area contributed by atoms with Crippen molar-refractivity contribution in [2.24, 2.45) is 0 Å². The second-order valence-electron chi connectivity index (χ2n) is 7.29. The number of hydrogen-bond donors (Lipinski definition) is 1. The third-order valence-electron chi connectivity index (χ3n) is 5.38. The van der Waals surface area contributed by atoms with E-state index in [2.05, 4.69) is 27.3 Å². The predicted molar refractivity (Wildman–Crippen MR) is 111 cm³/mol. The maximum Gasteiger partial charge on any atom is 0.376 e. The van der Waals surface area contributed by atoms with Crippen LogP contribution < -0.4 is 10.9 Å². The lowest BCUT2D eigenvalue weighted by atomic mass is 10.0. The fourth-order valence-corrected chi connectivity index (χ4v) is 3.90. The van der Waals surface area contributed by atoms with E-state index < -0.39 is 16.2 Å². The Kier molecular flexibility index (Phi) is 5.53. The Bertz CT molecular complexity index is 1070. The van der Waals surface area contributed by atoms with Gasteiger partial charge in [0.05, 0.1) is 4.92 Å². The summed E-state index contributed by atoms with van der Waals surface area (Å²) in [5, 5.41) is 14.6. The smallest absolute Gasteiger partial charge is 0.363 e. The zero-order chi connectivity index (χ0) is 20.2. The number of anilines is 1. The number of nitro groups is 1. The SMILES string of the molecule is O=c1c([N+](=O)[O-])c(NCC2CCCCN2Cc2ccccc2)nc2ccccn12. The fraction of sp³-hybridized carbons (Fsp3) is 0.333. The first-order chi connectivity index (χ1) is 14.1. The number of aromatic nitrogens is 2. The Morgan fingerprint density at radius 2 is 1.93 bits per heavy atom. The van der Waals surface area contributed by atoms with Gasteiger partial charge in [0, 0.05) is 25.3 Å². The van der Waals surface area contributed by atoms with Crippen molar-refractivity contribution in [2.45, 2.75) is 31.8 Å². The van der Waals surface area contributed by atoms with Crippen LogP contribution in [0, 0.1) is 10.1 Å². The van der Waals surface area contributed by atoms with E-state index in [1.807, 2.05) is 18.2 Å². The molecule has 1 unspecified atom stereocenters. The highest BCUT2D eigenvalue weighted by atomic mass is 16.6. The molecule has 0 radical (unpaired) electrons. The first-order valence-corrected chi connectivity index (χ1v) is 9.81. The molecule has 1 fully saturated rings. The van der Waals surface area contributed by atoms with Gasteiger partial charge in [-0.1, -0.05) is 42.8 Å². The van der Waals surface area contributed by atoms with Crippen LogP contribution in [0.5, 0.6) is 0 Å². The molecule has 8 heteroatoms. The van der Waals surface area contributed by atoms with Gasteiger partial charge in [0.1, 0.15) is 5.65 Å². The Morgan fingerprint density at radius 1 is 1.14 bits per heavy atom. The summed E-state index contributed by atoms with van der Waals surface area (Å²) in [5.74, 6) is 0.0384. The Balaban J connectivity index is 1.57. The molecule has 1 atom stereocenters. The summed E-state index contributed by atoms with van der Waals surface area (Å²) in [6.45, 7) is 2.32. The van der Waals surface area contributed by atoms with Gasteiger partial charge in [-0.25, -0.2) is 4.98 Å². The quantitative estimate of drug-likeness (QED) is 0.511. The topological polar surface area (TPSA) is 92.8 Å². The minimum atomic E-state index is -0.673. The molecule has 3 aromatic rings. The van der Waals surface area contributed by atoms with E-state index in [0.717, 1.165) is 32.4 Å². The number of rotatable bonds is 6. The van der Waals surface area contributed by atoms with Crippen molar-refractivity contribution in [3.8, 4) is 0 Å². The van der Waals surface area contributed by atoms with Gasteiger partial charge in [0.2, 0.25) is 5.82 Å². The maximum absolute atomic E-state index is 12.6. The lowest BCUT2D eigenvalue weighted by Crippen LogP contribution is -2.43. The molecule has 2 aromatic heterocycles. The first-order valence-electron chi connectivity index (χ1n) is 9.81. The average Bonchev–Trinajstić information content (AvgIpc) is 2.73. The zero-order valence-corrected chi connectivity index (χ0v) is 16.0. The second-order valence-corrected chi connectivity index (χ2v) is 7.29. The van der Waals surface area contributed by atoms with Crippen LogP contribution in [0.2, 0.25) is 0 Å². The number of likely N-dealkylation sites (tertiary alicyclic amines) is 1. The van der Waals surface area contributed by atoms with Crippen LogP contribution in [0.3, 0.4) is 0 Å². The number of hydrogen-bond acceptors (Lipinski definition) is 6. The molecule has 0 bridgehead atoms. The Morgan fingerprint density at radius 3 is 2.72 bits per heavy atom. The highest BCUT2D eigenvalue weighted by molar-refractivity contribution is 5.59. The number of nitrogens with one attached hydrogen (secondary N) is 1. The van der Waals surface area contributed by atoms with Crippen LogP contribution in [0.1, 0.15) is 24.8 Å². The van der Waals surface area contributed by atoms with Gasteiger partial charge in [-0.3, -0.25) is 24.2 Å². The minimum absolute atomic E-state index is 0.0384. The third kappa shape index (κ3) is 4.12. The average molecular weight is 393 g/mol. The van der Waals surface area contributed by atoms with Gasteiger partial charge >= 0.3 is 11.2 Å². The van der Waals surface area contributed by atoms with Crippen molar-refractivity contribution in [1.29, 1.82) is 0 Å². The predicted octanol–water partition coefficient (Wildman–Crippen LogP) is 3.07. The molecule has 0 saturated carbocycles. The van der Waals surface area contributed by atoms with E-state index in [1.165, 1.54) is 16.2 Å². The monoisotopic (exact) mass is 393 g/mol. The van der Waals surface area contributed by atoms with Crippen molar-refractivity contribution in [3.05, 3.63) is 80.8 Å². The van der Waals surface area contributed by atoms with Gasteiger partial charge in [-0.15, -0.1) is 0 Å². The molecular weight excluding hydrogens is 370 g/mol. The largest absolute Gasteiger partial charge is 0.376 e. The summed E-state index contributed by atoms with van der Waals surface area (Å²) < 4.78 is 1.20. The lowest BCUT2D eigenvalue weighted by Gasteiger charge is -2.36. The molecule has 0 aliphatic carbocycles. The van der Waals surface area contributed by atoms with E-state index in [-0.39, 0.29) is 11.9 Å². The van der Waals surface area contributed by atoms with Gasteiger partial charge in [0.25, 0.3) is 0 Å². The van der Waals surface area contributed by atoms with Crippen LogP contribution in [0.15, 0.2) is 59.5 Å². The van der Waals surface area contributed by atoms with Crippen molar-refractivity contribution in [2.75, 3.05) is 18.4 Å². The minimum Gasteiger partial charge on any atom is -0.363 e. The summed E-state index contributed by atoms with van der Waals surface area (Å²) in [7, 11) is 0. The number of benzene rings is 1. The van der Waals surface area contributed by atoms with Crippen molar-refractivity contribution in [3.63, 3.8) is 0 Å². The maximum atomic E-state index is 12.6. The standard InChI is InChI=1S/C21H23N5O3/c27-21-19(26(28)29)20(23-18-11-5-7-13-25(18)21)22-14-17-10-4-6-12-24(17)15-16-8-2-1-3-9-16/h1-3,5,7-9,11,13,17,22H,4,6,10,12,14-15H2. The van der Waals surface area contributed by atoms with Crippen LogP contribution in [0.25, 0.3) is 5.65 Å². The summed E-state index contributed by atoms with van der Waals surface area (Å²) in [6.07, 6.45) is 4.75. The van der Waals surface area contributed by atoms with Gasteiger partial charge < -0.3 is 5.32 Å². The van der Waals surface area contributed by atoms with E-state index in [9.17, 15) is 14.9 Å². The van der Waals surface area contributed by atoms with Gasteiger partial charge in [-0.05, 0) is 37.1 Å². The number of fused-ring (bicyclic) bond motifs is 1. The van der Waals surface area contributed by atoms with E-state index in [4.69, 9.17) is 0 Å². The summed E-state index contributed by atoms with van der Waals surface area (Å²) >= 11 is 0. The molecule has 0 spiro atoms. The van der Waals surface area contributed by atoms with Crippen LogP contribution in [-0.2, 0) is 6.54 Å². The van der Waals surface area contributed by atoms with E-state index >= 15 is 0 Å². The Labute approximate surface area is 168 Å². The van der Waals surface area contributed by atoms with Crippen molar-refractivity contribution in [1.82, 2.24) is 14.3 Å². The van der Waals surface area contributed by atoms with Crippen molar-refractivity contribution >= 4 is 17.2 Å². The van der Waals surface area contributed by atoms with Crippen LogP contribution in [0.4, 0.5) is 11.5 Å². The fourth-order valence-electron chi connectivity index (χ4n) is 3.90. The zero-order valence-electron chi connectivity index (χ0n) is 16.0. The molecule has 1 N–H and O–H groups in total. The second kappa shape index (κ2) is 8.40. The number of pyridine rings is 1. The van der Waals surface area contributed by atoms with Crippen LogP contribution >= 0.6 is 0 Å². The number of nitrogens with zero attached hydrogens (tertiary/aromatic N) is 4. The molecule has 1 aromatic carbocycles. The number of piperidine rings is 1. The van der Waals surface area contributed by atoms with Crippen LogP contribution in [-0.4, -0.2) is 38.3 Å². The summed E-state index contributed by atoms with van der Waals surface area (Å²) in [5.41, 5.74) is 0.440. The molecule has 1 aliphatic rings. The van der Waals surface area contributed by atoms with Crippen molar-refractivity contribution < 1.29 is 4.92 Å². The molecule has 4 rings (SSSR count). The molecule has 0 amide bonds. The molecular formula is C21H23N5O3. The molecule has 3 heterocycles. The summed E-state index contributed by atoms with van der Waals surface area (Å²) in [4.78, 5) is 30.2. The third-order valence-corrected chi connectivity index (χ3v) is 5.38.